The highest BCUT2D eigenvalue weighted by molar-refractivity contribution is 6.32. The molecule has 0 aliphatic rings. The lowest BCUT2D eigenvalue weighted by molar-refractivity contribution is -0.384. The van der Waals surface area contributed by atoms with E-state index in [1.54, 1.807) is 18.2 Å². The Labute approximate surface area is 129 Å². The van der Waals surface area contributed by atoms with E-state index in [0.29, 0.717) is 11.3 Å². The van der Waals surface area contributed by atoms with E-state index < -0.39 is 10.8 Å². The molecular weight excluding hydrogens is 310 g/mol. The molecule has 2 rings (SSSR count). The second kappa shape index (κ2) is 6.11. The van der Waals surface area contributed by atoms with Gasteiger partial charge in [-0.2, -0.15) is 5.26 Å². The number of benzene rings is 1. The van der Waals surface area contributed by atoms with Gasteiger partial charge >= 0.3 is 0 Å². The first kappa shape index (κ1) is 15.3. The van der Waals surface area contributed by atoms with Gasteiger partial charge in [0.25, 0.3) is 11.6 Å². The van der Waals surface area contributed by atoms with Gasteiger partial charge in [0.1, 0.15) is 28.2 Å². The number of halogens is 1. The Morgan fingerprint density at radius 2 is 2.14 bits per heavy atom. The number of carbonyl (C=O) groups excluding carboxylic acids is 1. The zero-order valence-corrected chi connectivity index (χ0v) is 11.7. The summed E-state index contributed by atoms with van der Waals surface area (Å²) in [6, 6.07) is 8.93. The van der Waals surface area contributed by atoms with Gasteiger partial charge in [-0.15, -0.1) is 0 Å². The molecule has 0 bridgehead atoms. The molecule has 0 aliphatic carbocycles. The smallest absolute Gasteiger partial charge is 0.288 e. The van der Waals surface area contributed by atoms with E-state index in [-0.39, 0.29) is 22.0 Å². The number of rotatable bonds is 4. The topological polar surface area (TPSA) is 123 Å². The molecule has 0 radical (unpaired) electrons. The normalized spacial score (nSPS) is 11.0. The molecule has 2 aromatic rings. The van der Waals surface area contributed by atoms with Crippen molar-refractivity contribution in [2.24, 2.45) is 5.73 Å². The van der Waals surface area contributed by atoms with Crippen LogP contribution in [0.25, 0.3) is 17.4 Å². The van der Waals surface area contributed by atoms with Crippen LogP contribution in [0, 0.1) is 21.4 Å². The number of nitro groups is 1. The molecule has 1 aromatic carbocycles. The molecule has 1 amide bonds. The van der Waals surface area contributed by atoms with Crippen LogP contribution in [0.1, 0.15) is 5.76 Å². The second-order valence-corrected chi connectivity index (χ2v) is 4.57. The molecule has 22 heavy (non-hydrogen) atoms. The summed E-state index contributed by atoms with van der Waals surface area (Å²) in [6.07, 6.45) is 1.19. The predicted molar refractivity (Wildman–Crippen MR) is 78.6 cm³/mol. The lowest BCUT2D eigenvalue weighted by Gasteiger charge is -1.99. The Kier molecular flexibility index (Phi) is 4.25. The van der Waals surface area contributed by atoms with Crippen LogP contribution in [-0.4, -0.2) is 10.8 Å². The molecule has 0 fully saturated rings. The molecule has 0 spiro atoms. The van der Waals surface area contributed by atoms with Crippen LogP contribution in [0.4, 0.5) is 5.69 Å². The van der Waals surface area contributed by atoms with Crippen molar-refractivity contribution in [1.29, 1.82) is 5.26 Å². The van der Waals surface area contributed by atoms with Crippen LogP contribution in [0.3, 0.4) is 0 Å². The van der Waals surface area contributed by atoms with Crippen LogP contribution in [-0.2, 0) is 4.79 Å². The van der Waals surface area contributed by atoms with E-state index in [4.69, 9.17) is 27.0 Å². The SMILES string of the molecule is N#CC(=Cc1ccc(-c2ccc(Cl)c([N+](=O)[O-])c2)o1)C(N)=O. The number of carbonyl (C=O) groups is 1. The minimum absolute atomic E-state index is 0.0147. The van der Waals surface area contributed by atoms with E-state index >= 15 is 0 Å². The van der Waals surface area contributed by atoms with E-state index in [0.717, 1.165) is 0 Å². The molecule has 0 saturated heterocycles. The molecule has 0 saturated carbocycles. The zero-order valence-electron chi connectivity index (χ0n) is 10.9. The van der Waals surface area contributed by atoms with Crippen molar-refractivity contribution < 1.29 is 14.1 Å². The summed E-state index contributed by atoms with van der Waals surface area (Å²) in [6.45, 7) is 0. The van der Waals surface area contributed by atoms with Crippen LogP contribution in [0.15, 0.2) is 40.3 Å². The number of nitrogens with two attached hydrogens (primary N) is 1. The fraction of sp³-hybridized carbons (Fsp3) is 0. The molecule has 0 aliphatic heterocycles. The molecule has 8 heteroatoms. The van der Waals surface area contributed by atoms with Crippen LogP contribution < -0.4 is 5.73 Å². The number of nitrogens with zero attached hydrogens (tertiary/aromatic N) is 2. The van der Waals surface area contributed by atoms with Crippen molar-refractivity contribution in [2.75, 3.05) is 0 Å². The summed E-state index contributed by atoms with van der Waals surface area (Å²) in [4.78, 5) is 21.2. The van der Waals surface area contributed by atoms with Crippen molar-refractivity contribution in [3.8, 4) is 17.4 Å². The van der Waals surface area contributed by atoms with Gasteiger partial charge in [0.15, 0.2) is 0 Å². The first-order chi connectivity index (χ1) is 10.4. The van der Waals surface area contributed by atoms with Crippen LogP contribution >= 0.6 is 11.6 Å². The Morgan fingerprint density at radius 1 is 1.41 bits per heavy atom. The summed E-state index contributed by atoms with van der Waals surface area (Å²) in [5.74, 6) is -0.321. The van der Waals surface area contributed by atoms with E-state index in [1.807, 2.05) is 0 Å². The third kappa shape index (κ3) is 3.13. The standard InChI is InChI=1S/C14H8ClN3O4/c15-11-3-1-8(6-12(11)18(20)21)13-4-2-10(22-13)5-9(7-16)14(17)19/h1-6H,(H2,17,19). The highest BCUT2D eigenvalue weighted by Gasteiger charge is 2.15. The predicted octanol–water partition coefficient (Wildman–Crippen LogP) is 2.90. The Balaban J connectivity index is 2.41. The lowest BCUT2D eigenvalue weighted by atomic mass is 10.1. The highest BCUT2D eigenvalue weighted by Crippen LogP contribution is 2.31. The first-order valence-electron chi connectivity index (χ1n) is 5.88. The molecule has 1 aromatic heterocycles. The maximum Gasteiger partial charge on any atom is 0.288 e. The largest absolute Gasteiger partial charge is 0.457 e. The molecular formula is C14H8ClN3O4. The molecule has 1 heterocycles. The van der Waals surface area contributed by atoms with Crippen molar-refractivity contribution in [1.82, 2.24) is 0 Å². The Hall–Kier alpha value is -3.11. The number of primary amides is 1. The van der Waals surface area contributed by atoms with Gasteiger partial charge in [0, 0.05) is 17.7 Å². The average molecular weight is 318 g/mol. The first-order valence-corrected chi connectivity index (χ1v) is 6.26. The van der Waals surface area contributed by atoms with Gasteiger partial charge < -0.3 is 10.2 Å². The monoisotopic (exact) mass is 317 g/mol. The Morgan fingerprint density at radius 3 is 2.73 bits per heavy atom. The van der Waals surface area contributed by atoms with Crippen LogP contribution in [0.2, 0.25) is 5.02 Å². The fourth-order valence-corrected chi connectivity index (χ4v) is 1.88. The minimum Gasteiger partial charge on any atom is -0.457 e. The number of furan rings is 1. The van der Waals surface area contributed by atoms with Crippen molar-refractivity contribution in [3.63, 3.8) is 0 Å². The lowest BCUT2D eigenvalue weighted by Crippen LogP contribution is -2.12. The van der Waals surface area contributed by atoms with E-state index in [9.17, 15) is 14.9 Å². The van der Waals surface area contributed by atoms with E-state index in [1.165, 1.54) is 24.3 Å². The van der Waals surface area contributed by atoms with Gasteiger partial charge in [-0.3, -0.25) is 14.9 Å². The fourth-order valence-electron chi connectivity index (χ4n) is 1.69. The van der Waals surface area contributed by atoms with Gasteiger partial charge in [-0.05, 0) is 24.3 Å². The van der Waals surface area contributed by atoms with E-state index in [2.05, 4.69) is 0 Å². The Bertz CT molecular complexity index is 833. The maximum atomic E-state index is 11.0. The third-order valence-corrected chi connectivity index (χ3v) is 3.05. The van der Waals surface area contributed by atoms with Crippen molar-refractivity contribution in [2.45, 2.75) is 0 Å². The number of hydrogen-bond acceptors (Lipinski definition) is 5. The summed E-state index contributed by atoms with van der Waals surface area (Å²) in [5, 5.41) is 19.6. The zero-order chi connectivity index (χ0) is 16.3. The third-order valence-electron chi connectivity index (χ3n) is 2.73. The highest BCUT2D eigenvalue weighted by atomic mass is 35.5. The van der Waals surface area contributed by atoms with Gasteiger partial charge in [0.05, 0.1) is 4.92 Å². The molecule has 0 atom stereocenters. The molecule has 0 unspecified atom stereocenters. The summed E-state index contributed by atoms with van der Waals surface area (Å²) in [5.41, 5.74) is 4.95. The van der Waals surface area contributed by atoms with Crippen molar-refractivity contribution in [3.05, 3.63) is 56.8 Å². The summed E-state index contributed by atoms with van der Waals surface area (Å²) < 4.78 is 5.43. The maximum absolute atomic E-state index is 11.0. The molecule has 110 valence electrons. The summed E-state index contributed by atoms with van der Waals surface area (Å²) >= 11 is 5.74. The quantitative estimate of drug-likeness (QED) is 0.402. The number of hydrogen-bond donors (Lipinski definition) is 1. The number of amides is 1. The van der Waals surface area contributed by atoms with Gasteiger partial charge in [-0.25, -0.2) is 0 Å². The number of nitro benzene ring substituents is 1. The van der Waals surface area contributed by atoms with Gasteiger partial charge in [0.2, 0.25) is 0 Å². The minimum atomic E-state index is -0.873. The summed E-state index contributed by atoms with van der Waals surface area (Å²) in [7, 11) is 0. The van der Waals surface area contributed by atoms with Crippen LogP contribution in [0.5, 0.6) is 0 Å². The van der Waals surface area contributed by atoms with Crippen molar-refractivity contribution >= 4 is 29.3 Å². The second-order valence-electron chi connectivity index (χ2n) is 4.16. The molecule has 2 N–H and O–H groups in total. The number of nitriles is 1. The molecule has 7 nitrogen and oxygen atoms in total. The van der Waals surface area contributed by atoms with Gasteiger partial charge in [-0.1, -0.05) is 11.6 Å². The average Bonchev–Trinajstić information content (AvgIpc) is 2.93.